The van der Waals surface area contributed by atoms with Crippen LogP contribution in [0.5, 0.6) is 0 Å². The van der Waals surface area contributed by atoms with Gasteiger partial charge in [-0.1, -0.05) is 20.8 Å². The number of fused-ring (bicyclic) bond motifs is 3. The number of rotatable bonds is 4. The monoisotopic (exact) mass is 457 g/mol. The van der Waals surface area contributed by atoms with Crippen molar-refractivity contribution < 1.29 is 0 Å². The number of aromatic nitrogens is 3. The summed E-state index contributed by atoms with van der Waals surface area (Å²) in [5.74, 6) is 1.19. The Hall–Kier alpha value is -2.89. The van der Waals surface area contributed by atoms with Gasteiger partial charge in [0.15, 0.2) is 0 Å². The van der Waals surface area contributed by atoms with Crippen molar-refractivity contribution in [1.29, 1.82) is 0 Å². The van der Waals surface area contributed by atoms with Gasteiger partial charge < -0.3 is 10.2 Å². The minimum absolute atomic E-state index is 0.0395. The minimum atomic E-state index is 0.0395. The van der Waals surface area contributed by atoms with Gasteiger partial charge in [-0.3, -0.25) is 9.36 Å². The molecule has 3 unspecified atom stereocenters. The molecule has 6 heteroatoms. The van der Waals surface area contributed by atoms with E-state index in [4.69, 9.17) is 4.98 Å². The highest BCUT2D eigenvalue weighted by molar-refractivity contribution is 5.76. The van der Waals surface area contributed by atoms with Crippen LogP contribution in [0, 0.1) is 16.7 Å². The van der Waals surface area contributed by atoms with Crippen LogP contribution >= 0.6 is 0 Å². The lowest BCUT2D eigenvalue weighted by atomic mass is 9.69. The third-order valence-corrected chi connectivity index (χ3v) is 9.57. The SMILES string of the molecule is CC1(C)C2CCC1(C)C(n1c(=O)ccc3cnc(Nc4ccc(N5CCCCC5)cc4)nc31)C2. The fraction of sp³-hybridized carbons (Fsp3) is 0.536. The van der Waals surface area contributed by atoms with E-state index in [1.807, 2.05) is 16.8 Å². The van der Waals surface area contributed by atoms with E-state index in [2.05, 4.69) is 60.2 Å². The van der Waals surface area contributed by atoms with Crippen molar-refractivity contribution >= 4 is 28.4 Å². The Morgan fingerprint density at radius 1 is 1.00 bits per heavy atom. The zero-order valence-electron chi connectivity index (χ0n) is 20.6. The van der Waals surface area contributed by atoms with Gasteiger partial charge in [-0.25, -0.2) is 4.98 Å². The highest BCUT2D eigenvalue weighted by Crippen LogP contribution is 2.69. The number of hydrogen-bond acceptors (Lipinski definition) is 5. The predicted molar refractivity (Wildman–Crippen MR) is 138 cm³/mol. The van der Waals surface area contributed by atoms with E-state index in [-0.39, 0.29) is 22.4 Å². The van der Waals surface area contributed by atoms with E-state index in [1.165, 1.54) is 31.4 Å². The van der Waals surface area contributed by atoms with Crippen LogP contribution in [-0.4, -0.2) is 27.6 Å². The molecule has 2 saturated carbocycles. The van der Waals surface area contributed by atoms with E-state index in [0.29, 0.717) is 11.9 Å². The van der Waals surface area contributed by atoms with Crippen molar-refractivity contribution in [2.75, 3.05) is 23.3 Å². The molecule has 3 fully saturated rings. The molecule has 1 aromatic carbocycles. The lowest BCUT2D eigenvalue weighted by molar-refractivity contribution is 0.107. The number of piperidine rings is 1. The Morgan fingerprint density at radius 2 is 1.76 bits per heavy atom. The molecule has 2 aliphatic carbocycles. The minimum Gasteiger partial charge on any atom is -0.372 e. The van der Waals surface area contributed by atoms with E-state index >= 15 is 0 Å². The molecule has 3 aromatic rings. The van der Waals surface area contributed by atoms with E-state index in [9.17, 15) is 4.79 Å². The Labute approximate surface area is 201 Å². The van der Waals surface area contributed by atoms with Crippen LogP contribution in [0.3, 0.4) is 0 Å². The molecule has 1 aliphatic heterocycles. The van der Waals surface area contributed by atoms with Crippen molar-refractivity contribution in [3.8, 4) is 0 Å². The van der Waals surface area contributed by atoms with Crippen LogP contribution in [0.1, 0.15) is 65.3 Å². The molecule has 178 valence electrons. The molecule has 3 atom stereocenters. The first-order valence-electron chi connectivity index (χ1n) is 12.9. The lowest BCUT2D eigenvalue weighted by Crippen LogP contribution is -2.38. The van der Waals surface area contributed by atoms with Crippen molar-refractivity contribution in [3.63, 3.8) is 0 Å². The maximum Gasteiger partial charge on any atom is 0.252 e. The van der Waals surface area contributed by atoms with E-state index in [0.717, 1.165) is 42.7 Å². The predicted octanol–water partition coefficient (Wildman–Crippen LogP) is 5.91. The van der Waals surface area contributed by atoms with Gasteiger partial charge in [0.1, 0.15) is 5.65 Å². The summed E-state index contributed by atoms with van der Waals surface area (Å²) in [6.07, 6.45) is 9.18. The van der Waals surface area contributed by atoms with Gasteiger partial charge >= 0.3 is 0 Å². The smallest absolute Gasteiger partial charge is 0.252 e. The average molecular weight is 458 g/mol. The van der Waals surface area contributed by atoms with Crippen LogP contribution in [0.15, 0.2) is 47.4 Å². The summed E-state index contributed by atoms with van der Waals surface area (Å²) >= 11 is 0. The second kappa shape index (κ2) is 7.82. The largest absolute Gasteiger partial charge is 0.372 e. The number of nitrogens with one attached hydrogen (secondary N) is 1. The normalized spacial score (nSPS) is 27.9. The van der Waals surface area contributed by atoms with Gasteiger partial charge in [-0.2, -0.15) is 4.98 Å². The number of hydrogen-bond donors (Lipinski definition) is 1. The molecule has 34 heavy (non-hydrogen) atoms. The van der Waals surface area contributed by atoms with Crippen molar-refractivity contribution in [2.24, 2.45) is 16.7 Å². The fourth-order valence-corrected chi connectivity index (χ4v) is 6.99. The van der Waals surface area contributed by atoms with E-state index in [1.54, 1.807) is 6.07 Å². The van der Waals surface area contributed by atoms with Crippen LogP contribution in [-0.2, 0) is 0 Å². The van der Waals surface area contributed by atoms with Crippen LogP contribution < -0.4 is 15.8 Å². The molecule has 0 radical (unpaired) electrons. The summed E-state index contributed by atoms with van der Waals surface area (Å²) in [6, 6.07) is 12.2. The molecule has 2 aromatic heterocycles. The second-order valence-electron chi connectivity index (χ2n) is 11.4. The Bertz CT molecular complexity index is 1270. The number of benzene rings is 1. The lowest BCUT2D eigenvalue weighted by Gasteiger charge is -2.40. The first kappa shape index (κ1) is 21.6. The van der Waals surface area contributed by atoms with Crippen molar-refractivity contribution in [1.82, 2.24) is 14.5 Å². The summed E-state index contributed by atoms with van der Waals surface area (Å²) in [4.78, 5) is 25.1. The zero-order valence-corrected chi connectivity index (χ0v) is 20.6. The summed E-state index contributed by atoms with van der Waals surface area (Å²) in [5.41, 5.74) is 3.33. The Morgan fingerprint density at radius 3 is 2.44 bits per heavy atom. The molecule has 0 spiro atoms. The van der Waals surface area contributed by atoms with Crippen molar-refractivity contribution in [3.05, 3.63) is 52.9 Å². The van der Waals surface area contributed by atoms with Gasteiger partial charge in [0.05, 0.1) is 0 Å². The molecule has 0 amide bonds. The van der Waals surface area contributed by atoms with Gasteiger partial charge in [-0.15, -0.1) is 0 Å². The molecule has 6 nitrogen and oxygen atoms in total. The van der Waals surface area contributed by atoms with Crippen LogP contribution in [0.2, 0.25) is 0 Å². The number of anilines is 3. The summed E-state index contributed by atoms with van der Waals surface area (Å²) < 4.78 is 1.97. The van der Waals surface area contributed by atoms with Gasteiger partial charge in [0.2, 0.25) is 5.95 Å². The number of nitrogens with zero attached hydrogens (tertiary/aromatic N) is 4. The third-order valence-electron chi connectivity index (χ3n) is 9.57. The van der Waals surface area contributed by atoms with Gasteiger partial charge in [0.25, 0.3) is 5.56 Å². The highest BCUT2D eigenvalue weighted by atomic mass is 16.1. The highest BCUT2D eigenvalue weighted by Gasteiger charge is 2.62. The maximum atomic E-state index is 13.2. The summed E-state index contributed by atoms with van der Waals surface area (Å²) in [7, 11) is 0. The fourth-order valence-electron chi connectivity index (χ4n) is 6.99. The standard InChI is InChI=1S/C28H35N5O/c1-27(2)20-13-14-28(27,3)23(17-20)33-24(34)12-7-19-18-29-26(31-25(19)33)30-21-8-10-22(11-9-21)32-15-5-4-6-16-32/h7-12,18,20,23H,4-6,13-17H2,1-3H3,(H,29,30,31). The summed E-state index contributed by atoms with van der Waals surface area (Å²) in [6.45, 7) is 9.42. The van der Waals surface area contributed by atoms with Gasteiger partial charge in [0, 0.05) is 48.2 Å². The van der Waals surface area contributed by atoms with Crippen molar-refractivity contribution in [2.45, 2.75) is 65.3 Å². The molecular weight excluding hydrogens is 422 g/mol. The van der Waals surface area contributed by atoms with Crippen LogP contribution in [0.25, 0.3) is 11.0 Å². The Balaban J connectivity index is 1.32. The quantitative estimate of drug-likeness (QED) is 0.527. The molecule has 1 saturated heterocycles. The maximum absolute atomic E-state index is 13.2. The van der Waals surface area contributed by atoms with Crippen LogP contribution in [0.4, 0.5) is 17.3 Å². The Kier molecular flexibility index (Phi) is 4.98. The first-order chi connectivity index (χ1) is 16.4. The molecule has 3 heterocycles. The molecule has 1 N–H and O–H groups in total. The first-order valence-corrected chi connectivity index (χ1v) is 12.9. The molecule has 3 aliphatic rings. The van der Waals surface area contributed by atoms with E-state index < -0.39 is 0 Å². The number of pyridine rings is 1. The topological polar surface area (TPSA) is 63.1 Å². The average Bonchev–Trinajstić information content (AvgIpc) is 3.19. The third kappa shape index (κ3) is 3.25. The molecule has 2 bridgehead atoms. The van der Waals surface area contributed by atoms with Gasteiger partial charge in [-0.05, 0) is 85.6 Å². The summed E-state index contributed by atoms with van der Waals surface area (Å²) in [5, 5.41) is 4.28. The second-order valence-corrected chi connectivity index (χ2v) is 11.4. The molecule has 6 rings (SSSR count). The zero-order chi connectivity index (χ0) is 23.5. The molecular formula is C28H35N5O.